The zero-order valence-corrected chi connectivity index (χ0v) is 13.0. The first-order valence-corrected chi connectivity index (χ1v) is 8.86. The third-order valence-corrected chi connectivity index (χ3v) is 6.39. The van der Waals surface area contributed by atoms with Crippen LogP contribution in [0.5, 0.6) is 0 Å². The van der Waals surface area contributed by atoms with Crippen molar-refractivity contribution in [2.45, 2.75) is 51.5 Å². The summed E-state index contributed by atoms with van der Waals surface area (Å²) in [7, 11) is 0. The van der Waals surface area contributed by atoms with Gasteiger partial charge in [0, 0.05) is 17.8 Å². The largest absolute Gasteiger partial charge is 0.329 e. The molecule has 0 saturated carbocycles. The molecule has 2 atom stereocenters. The molecular formula is C15H30N2S. The van der Waals surface area contributed by atoms with Crippen LogP contribution in [-0.2, 0) is 0 Å². The van der Waals surface area contributed by atoms with E-state index in [0.29, 0.717) is 5.54 Å². The molecule has 2 aliphatic heterocycles. The van der Waals surface area contributed by atoms with Gasteiger partial charge in [-0.3, -0.25) is 4.90 Å². The number of likely N-dealkylation sites (tertiary alicyclic amines) is 1. The highest BCUT2D eigenvalue weighted by Gasteiger charge is 2.38. The summed E-state index contributed by atoms with van der Waals surface area (Å²) in [5, 5.41) is 0. The highest BCUT2D eigenvalue weighted by atomic mass is 32.2. The molecule has 0 amide bonds. The Hall–Kier alpha value is 0.270. The van der Waals surface area contributed by atoms with Gasteiger partial charge in [-0.2, -0.15) is 11.8 Å². The molecule has 0 radical (unpaired) electrons. The SMILES string of the molecule is CC(C)C1CCCN(C2(CN)CCCSC2)CC1. The Kier molecular flexibility index (Phi) is 5.40. The Morgan fingerprint density at radius 1 is 1.28 bits per heavy atom. The Morgan fingerprint density at radius 2 is 2.11 bits per heavy atom. The van der Waals surface area contributed by atoms with Gasteiger partial charge >= 0.3 is 0 Å². The van der Waals surface area contributed by atoms with E-state index in [2.05, 4.69) is 30.5 Å². The van der Waals surface area contributed by atoms with Crippen LogP contribution < -0.4 is 5.73 Å². The van der Waals surface area contributed by atoms with Crippen LogP contribution in [0.2, 0.25) is 0 Å². The summed E-state index contributed by atoms with van der Waals surface area (Å²) >= 11 is 2.11. The second-order valence-corrected chi connectivity index (χ2v) is 7.61. The van der Waals surface area contributed by atoms with Crippen molar-refractivity contribution in [1.29, 1.82) is 0 Å². The topological polar surface area (TPSA) is 29.3 Å². The van der Waals surface area contributed by atoms with Gasteiger partial charge < -0.3 is 5.73 Å². The molecule has 0 aromatic carbocycles. The molecule has 2 nitrogen and oxygen atoms in total. The second-order valence-electron chi connectivity index (χ2n) is 6.51. The maximum absolute atomic E-state index is 6.16. The molecular weight excluding hydrogens is 240 g/mol. The summed E-state index contributed by atoms with van der Waals surface area (Å²) in [5.41, 5.74) is 6.49. The molecule has 2 fully saturated rings. The molecule has 2 aliphatic rings. The first-order valence-electron chi connectivity index (χ1n) is 7.71. The van der Waals surface area contributed by atoms with Crippen LogP contribution in [0, 0.1) is 11.8 Å². The summed E-state index contributed by atoms with van der Waals surface area (Å²) in [6.45, 7) is 8.18. The van der Waals surface area contributed by atoms with E-state index in [0.717, 1.165) is 18.4 Å². The van der Waals surface area contributed by atoms with E-state index in [-0.39, 0.29) is 0 Å². The van der Waals surface area contributed by atoms with Gasteiger partial charge in [0.05, 0.1) is 0 Å². The maximum atomic E-state index is 6.16. The van der Waals surface area contributed by atoms with Crippen molar-refractivity contribution >= 4 is 11.8 Å². The highest BCUT2D eigenvalue weighted by Crippen LogP contribution is 2.34. The van der Waals surface area contributed by atoms with Crippen LogP contribution in [0.3, 0.4) is 0 Å². The lowest BCUT2D eigenvalue weighted by molar-refractivity contribution is 0.104. The summed E-state index contributed by atoms with van der Waals surface area (Å²) in [6, 6.07) is 0. The molecule has 2 heterocycles. The third-order valence-electron chi connectivity index (χ3n) is 5.07. The fraction of sp³-hybridized carbons (Fsp3) is 1.00. The second kappa shape index (κ2) is 6.62. The molecule has 0 bridgehead atoms. The van der Waals surface area contributed by atoms with Crippen molar-refractivity contribution < 1.29 is 0 Å². The van der Waals surface area contributed by atoms with Gasteiger partial charge in [-0.05, 0) is 62.8 Å². The average Bonchev–Trinajstić information content (AvgIpc) is 2.65. The standard InChI is InChI=1S/C15H30N2S/c1-13(2)14-5-3-8-17(9-6-14)15(11-16)7-4-10-18-12-15/h13-14H,3-12,16H2,1-2H3. The van der Waals surface area contributed by atoms with Gasteiger partial charge in [-0.15, -0.1) is 0 Å². The van der Waals surface area contributed by atoms with Crippen LogP contribution in [0.4, 0.5) is 0 Å². The molecule has 2 rings (SSSR count). The first kappa shape index (κ1) is 14.7. The van der Waals surface area contributed by atoms with E-state index in [4.69, 9.17) is 5.73 Å². The van der Waals surface area contributed by atoms with Crippen LogP contribution in [0.25, 0.3) is 0 Å². The molecule has 106 valence electrons. The smallest absolute Gasteiger partial charge is 0.0422 e. The van der Waals surface area contributed by atoms with E-state index < -0.39 is 0 Å². The molecule has 18 heavy (non-hydrogen) atoms. The van der Waals surface area contributed by atoms with E-state index in [1.807, 2.05) is 0 Å². The molecule has 0 aromatic heterocycles. The van der Waals surface area contributed by atoms with Gasteiger partial charge in [0.25, 0.3) is 0 Å². The monoisotopic (exact) mass is 270 g/mol. The zero-order chi connectivity index (χ0) is 13.0. The van der Waals surface area contributed by atoms with Crippen molar-refractivity contribution in [3.8, 4) is 0 Å². The lowest BCUT2D eigenvalue weighted by Gasteiger charge is -2.45. The quantitative estimate of drug-likeness (QED) is 0.855. The van der Waals surface area contributed by atoms with Crippen molar-refractivity contribution in [1.82, 2.24) is 4.90 Å². The molecule has 0 spiro atoms. The van der Waals surface area contributed by atoms with E-state index in [1.165, 1.54) is 56.7 Å². The highest BCUT2D eigenvalue weighted by molar-refractivity contribution is 7.99. The fourth-order valence-electron chi connectivity index (χ4n) is 3.64. The van der Waals surface area contributed by atoms with E-state index >= 15 is 0 Å². The predicted molar refractivity (Wildman–Crippen MR) is 82.1 cm³/mol. The van der Waals surface area contributed by atoms with Gasteiger partial charge in [0.1, 0.15) is 0 Å². The van der Waals surface area contributed by atoms with Gasteiger partial charge in [-0.25, -0.2) is 0 Å². The fourth-order valence-corrected chi connectivity index (χ4v) is 4.96. The summed E-state index contributed by atoms with van der Waals surface area (Å²) in [6.07, 6.45) is 6.84. The van der Waals surface area contributed by atoms with Crippen molar-refractivity contribution in [3.63, 3.8) is 0 Å². The average molecular weight is 270 g/mol. The Morgan fingerprint density at radius 3 is 2.72 bits per heavy atom. The van der Waals surface area contributed by atoms with Crippen molar-refractivity contribution in [2.24, 2.45) is 17.6 Å². The molecule has 0 aromatic rings. The zero-order valence-electron chi connectivity index (χ0n) is 12.2. The molecule has 2 N–H and O–H groups in total. The third kappa shape index (κ3) is 3.23. The minimum absolute atomic E-state index is 0.328. The number of nitrogens with zero attached hydrogens (tertiary/aromatic N) is 1. The Balaban J connectivity index is 1.99. The van der Waals surface area contributed by atoms with Crippen LogP contribution in [0.15, 0.2) is 0 Å². The van der Waals surface area contributed by atoms with Gasteiger partial charge in [-0.1, -0.05) is 13.8 Å². The van der Waals surface area contributed by atoms with Crippen molar-refractivity contribution in [2.75, 3.05) is 31.1 Å². The molecule has 2 unspecified atom stereocenters. The lowest BCUT2D eigenvalue weighted by Crippen LogP contribution is -2.57. The summed E-state index contributed by atoms with van der Waals surface area (Å²) < 4.78 is 0. The maximum Gasteiger partial charge on any atom is 0.0422 e. The van der Waals surface area contributed by atoms with E-state index in [1.54, 1.807) is 0 Å². The van der Waals surface area contributed by atoms with Gasteiger partial charge in [0.15, 0.2) is 0 Å². The normalized spacial score (nSPS) is 35.7. The molecule has 0 aliphatic carbocycles. The minimum Gasteiger partial charge on any atom is -0.329 e. The van der Waals surface area contributed by atoms with Crippen LogP contribution in [0.1, 0.15) is 46.0 Å². The molecule has 2 saturated heterocycles. The number of hydrogen-bond donors (Lipinski definition) is 1. The van der Waals surface area contributed by atoms with E-state index in [9.17, 15) is 0 Å². The first-order chi connectivity index (χ1) is 8.68. The minimum atomic E-state index is 0.328. The van der Waals surface area contributed by atoms with Crippen molar-refractivity contribution in [3.05, 3.63) is 0 Å². The number of thioether (sulfide) groups is 1. The summed E-state index contributed by atoms with van der Waals surface area (Å²) in [4.78, 5) is 2.75. The predicted octanol–water partition coefficient (Wildman–Crippen LogP) is 2.97. The number of nitrogens with two attached hydrogens (primary N) is 1. The van der Waals surface area contributed by atoms with Gasteiger partial charge in [0.2, 0.25) is 0 Å². The lowest BCUT2D eigenvalue weighted by atomic mass is 9.89. The van der Waals surface area contributed by atoms with Crippen LogP contribution in [-0.4, -0.2) is 41.6 Å². The summed E-state index contributed by atoms with van der Waals surface area (Å²) in [5.74, 6) is 4.38. The number of hydrogen-bond acceptors (Lipinski definition) is 3. The molecule has 3 heteroatoms. The Bertz CT molecular complexity index is 249. The van der Waals surface area contributed by atoms with Crippen LogP contribution >= 0.6 is 11.8 Å². The Labute approximate surface area is 117 Å². The number of rotatable bonds is 3.